The maximum atomic E-state index is 11.4. The van der Waals surface area contributed by atoms with E-state index in [0.29, 0.717) is 6.61 Å². The van der Waals surface area contributed by atoms with Gasteiger partial charge in [-0.3, -0.25) is 4.79 Å². The van der Waals surface area contributed by atoms with Crippen LogP contribution in [0.2, 0.25) is 0 Å². The molecule has 4 heteroatoms. The van der Waals surface area contributed by atoms with Crippen LogP contribution < -0.4 is 4.74 Å². The lowest BCUT2D eigenvalue weighted by atomic mass is 9.93. The summed E-state index contributed by atoms with van der Waals surface area (Å²) in [4.78, 5) is 13.4. The molecule has 24 heavy (non-hydrogen) atoms. The van der Waals surface area contributed by atoms with Gasteiger partial charge in [-0.25, -0.2) is 0 Å². The number of benzene rings is 2. The van der Waals surface area contributed by atoms with E-state index < -0.39 is 5.97 Å². The molecule has 0 saturated carbocycles. The number of carboxylic acids is 1. The third kappa shape index (κ3) is 3.15. The normalized spacial score (nSPS) is 15.2. The third-order valence-corrected chi connectivity index (χ3v) is 4.53. The van der Waals surface area contributed by atoms with Crippen LogP contribution in [0.4, 0.5) is 0 Å². The SMILES string of the molecule is Cc1cccc2c1-c1ccc(OCCN(C)C)cc1C2CC(=O)O. The standard InChI is InChI=1S/C20H23NO3/c1-13-5-4-6-15-18(12-19(22)23)17-11-14(24-10-9-21(2)3)7-8-16(17)20(13)15/h4-8,11,18H,9-10,12H2,1-3H3,(H,22,23). The molecule has 0 saturated heterocycles. The number of aryl methyl sites for hydroxylation is 1. The Morgan fingerprint density at radius 3 is 2.71 bits per heavy atom. The van der Waals surface area contributed by atoms with Gasteiger partial charge in [-0.1, -0.05) is 24.3 Å². The fraction of sp³-hybridized carbons (Fsp3) is 0.350. The molecule has 1 aliphatic carbocycles. The van der Waals surface area contributed by atoms with Gasteiger partial charge in [0.05, 0.1) is 6.42 Å². The summed E-state index contributed by atoms with van der Waals surface area (Å²) in [6, 6.07) is 12.2. The summed E-state index contributed by atoms with van der Waals surface area (Å²) in [6.45, 7) is 3.53. The van der Waals surface area contributed by atoms with Crippen molar-refractivity contribution in [2.45, 2.75) is 19.3 Å². The minimum atomic E-state index is -0.778. The molecule has 1 aliphatic rings. The molecule has 0 heterocycles. The average Bonchev–Trinajstić information content (AvgIpc) is 2.81. The Labute approximate surface area is 142 Å². The van der Waals surface area contributed by atoms with E-state index in [2.05, 4.69) is 24.0 Å². The first-order valence-corrected chi connectivity index (χ1v) is 8.20. The lowest BCUT2D eigenvalue weighted by Crippen LogP contribution is -2.19. The van der Waals surface area contributed by atoms with Crippen LogP contribution in [-0.4, -0.2) is 43.2 Å². The molecule has 0 radical (unpaired) electrons. The molecule has 1 atom stereocenters. The molecule has 1 unspecified atom stereocenters. The molecular formula is C20H23NO3. The quantitative estimate of drug-likeness (QED) is 0.883. The summed E-state index contributed by atoms with van der Waals surface area (Å²) in [5.41, 5.74) is 5.66. The second-order valence-corrected chi connectivity index (χ2v) is 6.59. The lowest BCUT2D eigenvalue weighted by molar-refractivity contribution is -0.137. The number of nitrogens with zero attached hydrogens (tertiary/aromatic N) is 1. The summed E-state index contributed by atoms with van der Waals surface area (Å²) in [5, 5.41) is 9.33. The van der Waals surface area contributed by atoms with Crippen LogP contribution in [-0.2, 0) is 4.79 Å². The zero-order valence-electron chi connectivity index (χ0n) is 14.4. The highest BCUT2D eigenvalue weighted by molar-refractivity contribution is 5.84. The van der Waals surface area contributed by atoms with Crippen molar-refractivity contribution < 1.29 is 14.6 Å². The zero-order valence-corrected chi connectivity index (χ0v) is 14.4. The number of carboxylic acid groups (broad SMARTS) is 1. The molecule has 126 valence electrons. The maximum Gasteiger partial charge on any atom is 0.304 e. The van der Waals surface area contributed by atoms with Crippen molar-refractivity contribution in [1.29, 1.82) is 0 Å². The summed E-state index contributed by atoms with van der Waals surface area (Å²) in [6.07, 6.45) is 0.102. The number of ether oxygens (including phenoxy) is 1. The molecule has 2 aromatic rings. The van der Waals surface area contributed by atoms with E-state index in [0.717, 1.165) is 29.0 Å². The van der Waals surface area contributed by atoms with Gasteiger partial charge in [0.25, 0.3) is 0 Å². The van der Waals surface area contributed by atoms with Gasteiger partial charge < -0.3 is 14.7 Å². The topological polar surface area (TPSA) is 49.8 Å². The zero-order chi connectivity index (χ0) is 17.3. The van der Waals surface area contributed by atoms with Crippen molar-refractivity contribution in [3.63, 3.8) is 0 Å². The number of hydrogen-bond donors (Lipinski definition) is 1. The van der Waals surface area contributed by atoms with E-state index in [-0.39, 0.29) is 12.3 Å². The molecule has 3 rings (SSSR count). The van der Waals surface area contributed by atoms with E-state index in [4.69, 9.17) is 4.74 Å². The van der Waals surface area contributed by atoms with Crippen molar-refractivity contribution in [3.05, 3.63) is 53.1 Å². The third-order valence-electron chi connectivity index (χ3n) is 4.53. The van der Waals surface area contributed by atoms with Gasteiger partial charge in [0.15, 0.2) is 0 Å². The number of aliphatic carboxylic acids is 1. The first kappa shape index (κ1) is 16.5. The van der Waals surface area contributed by atoms with E-state index in [1.165, 1.54) is 11.1 Å². The predicted molar refractivity (Wildman–Crippen MR) is 94.8 cm³/mol. The van der Waals surface area contributed by atoms with Gasteiger partial charge in [0.1, 0.15) is 12.4 Å². The van der Waals surface area contributed by atoms with Gasteiger partial charge in [-0.05, 0) is 61.0 Å². The molecule has 0 aliphatic heterocycles. The maximum absolute atomic E-state index is 11.4. The van der Waals surface area contributed by atoms with E-state index in [9.17, 15) is 9.90 Å². The van der Waals surface area contributed by atoms with Crippen molar-refractivity contribution >= 4 is 5.97 Å². The van der Waals surface area contributed by atoms with Crippen molar-refractivity contribution in [2.75, 3.05) is 27.2 Å². The molecule has 0 amide bonds. The van der Waals surface area contributed by atoms with Crippen LogP contribution in [0.15, 0.2) is 36.4 Å². The molecular weight excluding hydrogens is 302 g/mol. The first-order valence-electron chi connectivity index (χ1n) is 8.20. The first-order chi connectivity index (χ1) is 11.5. The Morgan fingerprint density at radius 1 is 1.21 bits per heavy atom. The van der Waals surface area contributed by atoms with Gasteiger partial charge in [-0.2, -0.15) is 0 Å². The van der Waals surface area contributed by atoms with Gasteiger partial charge in [-0.15, -0.1) is 0 Å². The fourth-order valence-corrected chi connectivity index (χ4v) is 3.40. The lowest BCUT2D eigenvalue weighted by Gasteiger charge is -2.14. The number of carbonyl (C=O) groups is 1. The fourth-order valence-electron chi connectivity index (χ4n) is 3.40. The number of rotatable bonds is 6. The smallest absolute Gasteiger partial charge is 0.304 e. The summed E-state index contributed by atoms with van der Waals surface area (Å²) < 4.78 is 5.84. The largest absolute Gasteiger partial charge is 0.492 e. The Kier molecular flexibility index (Phi) is 4.58. The Bertz CT molecular complexity index is 767. The van der Waals surface area contributed by atoms with Crippen LogP contribution in [0.3, 0.4) is 0 Å². The van der Waals surface area contributed by atoms with Crippen LogP contribution >= 0.6 is 0 Å². The van der Waals surface area contributed by atoms with Gasteiger partial charge in [0, 0.05) is 12.5 Å². The predicted octanol–water partition coefficient (Wildman–Crippen LogP) is 3.52. The Hall–Kier alpha value is -2.33. The van der Waals surface area contributed by atoms with E-state index >= 15 is 0 Å². The average molecular weight is 325 g/mol. The molecule has 0 fully saturated rings. The molecule has 1 N–H and O–H groups in total. The van der Waals surface area contributed by atoms with Crippen molar-refractivity contribution in [2.24, 2.45) is 0 Å². The molecule has 0 spiro atoms. The number of fused-ring (bicyclic) bond motifs is 3. The minimum absolute atomic E-state index is 0.102. The summed E-state index contributed by atoms with van der Waals surface area (Å²) in [7, 11) is 4.02. The Morgan fingerprint density at radius 2 is 2.00 bits per heavy atom. The summed E-state index contributed by atoms with van der Waals surface area (Å²) in [5.74, 6) is -0.0829. The number of hydrogen-bond acceptors (Lipinski definition) is 3. The molecule has 0 bridgehead atoms. The second kappa shape index (κ2) is 6.65. The number of likely N-dealkylation sites (N-methyl/N-ethyl adjacent to an activating group) is 1. The van der Waals surface area contributed by atoms with Crippen LogP contribution in [0.25, 0.3) is 11.1 Å². The van der Waals surface area contributed by atoms with Crippen LogP contribution in [0.5, 0.6) is 5.75 Å². The van der Waals surface area contributed by atoms with E-state index in [1.54, 1.807) is 0 Å². The van der Waals surface area contributed by atoms with Gasteiger partial charge in [0.2, 0.25) is 0 Å². The van der Waals surface area contributed by atoms with Gasteiger partial charge >= 0.3 is 5.97 Å². The van der Waals surface area contributed by atoms with Crippen LogP contribution in [0.1, 0.15) is 29.0 Å². The summed E-state index contributed by atoms with van der Waals surface area (Å²) >= 11 is 0. The molecule has 2 aromatic carbocycles. The van der Waals surface area contributed by atoms with E-state index in [1.807, 2.05) is 38.4 Å². The molecule has 0 aromatic heterocycles. The second-order valence-electron chi connectivity index (χ2n) is 6.59. The monoisotopic (exact) mass is 325 g/mol. The van der Waals surface area contributed by atoms with Crippen molar-refractivity contribution in [1.82, 2.24) is 4.90 Å². The Balaban J connectivity index is 1.97. The van der Waals surface area contributed by atoms with Crippen molar-refractivity contribution in [3.8, 4) is 16.9 Å². The molecule has 4 nitrogen and oxygen atoms in total. The highest BCUT2D eigenvalue weighted by Crippen LogP contribution is 2.48. The highest BCUT2D eigenvalue weighted by atomic mass is 16.5. The highest BCUT2D eigenvalue weighted by Gasteiger charge is 2.31. The van der Waals surface area contributed by atoms with Crippen LogP contribution in [0, 0.1) is 6.92 Å². The minimum Gasteiger partial charge on any atom is -0.492 e.